The average molecular weight is 1800 g/mol. The lowest BCUT2D eigenvalue weighted by molar-refractivity contribution is -0.321. The van der Waals surface area contributed by atoms with Gasteiger partial charge < -0.3 is 52.1 Å². The molecule has 9 aliphatic rings. The van der Waals surface area contributed by atoms with E-state index in [-0.39, 0.29) is 30.2 Å². The van der Waals surface area contributed by atoms with E-state index in [1.165, 1.54) is 203 Å². The lowest BCUT2D eigenvalue weighted by Crippen LogP contribution is -2.44. The second kappa shape index (κ2) is 41.9. The molecule has 18 rings (SSSR count). The van der Waals surface area contributed by atoms with E-state index in [1.54, 1.807) is 21.0 Å². The molecule has 0 saturated heterocycles. The average Bonchev–Trinajstić information content (AvgIpc) is 1.62. The van der Waals surface area contributed by atoms with Gasteiger partial charge in [0, 0.05) is 47.1 Å². The lowest BCUT2D eigenvalue weighted by atomic mass is 9.80. The van der Waals surface area contributed by atoms with Crippen LogP contribution in [0.15, 0.2) is 146 Å². The third-order valence-electron chi connectivity index (χ3n) is 31.7. The first-order chi connectivity index (χ1) is 62.4. The molecule has 0 N–H and O–H groups in total. The number of halogens is 3. The summed E-state index contributed by atoms with van der Waals surface area (Å²) in [5.74, 6) is 13.4. The normalized spacial score (nSPS) is 24.8. The third-order valence-corrected chi connectivity index (χ3v) is 31.7. The number of hydrogen-bond donors (Lipinski definition) is 0. The van der Waals surface area contributed by atoms with Crippen LogP contribution in [-0.2, 0) is 38.8 Å². The first-order valence-electron chi connectivity index (χ1n) is 50.0. The first kappa shape index (κ1) is 98.7. The molecule has 0 heterocycles. The number of carbonyl (C=O) groups is 2. The summed E-state index contributed by atoms with van der Waals surface area (Å²) in [6.07, 6.45) is 16.1. The Balaban J connectivity index is 0.000000133. The molecule has 18 atom stereocenters. The summed E-state index contributed by atoms with van der Waals surface area (Å²) < 4.78 is 106. The molecule has 0 radical (unpaired) electrons. The third kappa shape index (κ3) is 21.7. The molecule has 0 spiro atoms. The maximum atomic E-state index is 14.0. The number of ether oxygens (including phenoxy) is 11. The van der Waals surface area contributed by atoms with Crippen molar-refractivity contribution in [2.75, 3.05) is 20.3 Å². The number of fused-ring (bicyclic) bond motifs is 5. The summed E-state index contributed by atoms with van der Waals surface area (Å²) in [5.41, 5.74) is 7.54. The van der Waals surface area contributed by atoms with Crippen LogP contribution in [0.4, 0.5) is 18.0 Å². The fraction of sp³-hybridized carbons (Fsp3) is 0.583. The number of rotatable bonds is 26. The molecule has 5 saturated carbocycles. The van der Waals surface area contributed by atoms with Crippen molar-refractivity contribution in [2.45, 2.75) is 357 Å². The Morgan fingerprint density at radius 1 is 0.412 bits per heavy atom. The van der Waals surface area contributed by atoms with Gasteiger partial charge in [0.05, 0.1) is 18.1 Å². The minimum absolute atomic E-state index is 0.0812. The summed E-state index contributed by atoms with van der Waals surface area (Å²) in [5, 5.41) is 10.1. The summed E-state index contributed by atoms with van der Waals surface area (Å²) in [6.45, 7) is 43.7. The molecule has 13 nitrogen and oxygen atoms in total. The molecule has 16 heteroatoms. The van der Waals surface area contributed by atoms with Gasteiger partial charge in [0.2, 0.25) is 12.6 Å². The smallest absolute Gasteiger partial charge is 0.465 e. The first-order valence-corrected chi connectivity index (χ1v) is 50.0. The number of esters is 1. The van der Waals surface area contributed by atoms with Gasteiger partial charge in [-0.05, 0) is 291 Å². The molecular weight excluding hydrogens is 1650 g/mol. The van der Waals surface area contributed by atoms with Crippen LogP contribution in [0, 0.1) is 52.8 Å². The van der Waals surface area contributed by atoms with Crippen LogP contribution in [0.25, 0.3) is 43.1 Å². The zero-order valence-corrected chi connectivity index (χ0v) is 82.6. The summed E-state index contributed by atoms with van der Waals surface area (Å²) in [6, 6.07) is 48.6. The molecule has 9 aliphatic carbocycles. The van der Waals surface area contributed by atoms with Crippen LogP contribution in [0.1, 0.15) is 358 Å². The van der Waals surface area contributed by atoms with Crippen molar-refractivity contribution in [1.29, 1.82) is 0 Å². The maximum absolute atomic E-state index is 14.0. The van der Waals surface area contributed by atoms with Gasteiger partial charge in [0.25, 0.3) is 0 Å². The largest absolute Gasteiger partial charge is 0.514 e. The highest BCUT2D eigenvalue weighted by molar-refractivity contribution is 6.00. The summed E-state index contributed by atoms with van der Waals surface area (Å²) >= 11 is 0. The van der Waals surface area contributed by atoms with Gasteiger partial charge in [0.1, 0.15) is 34.3 Å². The van der Waals surface area contributed by atoms with Crippen molar-refractivity contribution in [3.8, 4) is 28.7 Å². The SMILES string of the molecule is CC(C)C(Oc1ccc2c3c(cccc13)C(C)C2C)OC1CC2CC1C1CCCC21.CC(OCCC1CCCCC1)Oc1ccc2c3c(cccc13)C(C)C2C.CC1c2cccc3c(OC(=O)OC(C)(C)C)ccc(c23)C1C.CCC(C)(C)C(=O)Oc1ccc(C(C)(OC(C)OCCC2CCCCC2)C(F)(F)F)cc1.COC(Oc1ccc2c3c(cccc13)C(C)C2C)C(C)C. The molecule has 0 aromatic heterocycles. The van der Waals surface area contributed by atoms with Gasteiger partial charge in [0.15, 0.2) is 18.2 Å². The van der Waals surface area contributed by atoms with Gasteiger partial charge >= 0.3 is 18.3 Å². The van der Waals surface area contributed by atoms with E-state index in [1.807, 2.05) is 52.8 Å². The summed E-state index contributed by atoms with van der Waals surface area (Å²) in [7, 11) is 1.70. The quantitative estimate of drug-likeness (QED) is 0.0220. The Labute approximate surface area is 780 Å². The molecule has 18 unspecified atom stereocenters. The van der Waals surface area contributed by atoms with E-state index >= 15 is 0 Å². The number of carbonyl (C=O) groups excluding carboxylic acids is 2. The molecule has 0 amide bonds. The molecule has 5 fully saturated rings. The molecule has 710 valence electrons. The van der Waals surface area contributed by atoms with Gasteiger partial charge in [-0.2, -0.15) is 13.2 Å². The van der Waals surface area contributed by atoms with Gasteiger partial charge in [-0.15, -0.1) is 0 Å². The van der Waals surface area contributed by atoms with Crippen molar-refractivity contribution < 1.29 is 74.9 Å². The number of hydrogen-bond acceptors (Lipinski definition) is 13. The molecule has 0 aliphatic heterocycles. The highest BCUT2D eigenvalue weighted by atomic mass is 19.4. The van der Waals surface area contributed by atoms with Crippen LogP contribution in [0.5, 0.6) is 28.7 Å². The molecule has 131 heavy (non-hydrogen) atoms. The van der Waals surface area contributed by atoms with Crippen molar-refractivity contribution in [2.24, 2.45) is 52.8 Å². The molecule has 9 aromatic rings. The van der Waals surface area contributed by atoms with E-state index in [9.17, 15) is 22.8 Å². The summed E-state index contributed by atoms with van der Waals surface area (Å²) in [4.78, 5) is 24.2. The predicted octanol–water partition coefficient (Wildman–Crippen LogP) is 31.6. The van der Waals surface area contributed by atoms with Gasteiger partial charge in [-0.3, -0.25) is 4.79 Å². The van der Waals surface area contributed by atoms with Crippen LogP contribution >= 0.6 is 0 Å². The van der Waals surface area contributed by atoms with Crippen LogP contribution in [0.2, 0.25) is 0 Å². The van der Waals surface area contributed by atoms with Gasteiger partial charge in [-0.1, -0.05) is 270 Å². The molecule has 9 aromatic carbocycles. The van der Waals surface area contributed by atoms with Gasteiger partial charge in [-0.25, -0.2) is 4.79 Å². The van der Waals surface area contributed by atoms with Crippen molar-refractivity contribution in [3.05, 3.63) is 196 Å². The Kier molecular flexibility index (Phi) is 31.6. The van der Waals surface area contributed by atoms with E-state index in [2.05, 4.69) is 186 Å². The highest BCUT2D eigenvalue weighted by Gasteiger charge is 2.56. The Morgan fingerprint density at radius 2 is 0.802 bits per heavy atom. The van der Waals surface area contributed by atoms with Crippen molar-refractivity contribution >= 4 is 55.2 Å². The zero-order valence-electron chi connectivity index (χ0n) is 82.6. The number of benzene rings is 9. The molecular formula is C115H151F3O13. The minimum atomic E-state index is -4.66. The van der Waals surface area contributed by atoms with Crippen LogP contribution < -0.4 is 23.7 Å². The Morgan fingerprint density at radius 3 is 1.21 bits per heavy atom. The highest BCUT2D eigenvalue weighted by Crippen LogP contribution is 2.61. The van der Waals surface area contributed by atoms with E-state index in [0.29, 0.717) is 90.0 Å². The fourth-order valence-electron chi connectivity index (χ4n) is 22.9. The Hall–Kier alpha value is -8.25. The van der Waals surface area contributed by atoms with E-state index in [0.717, 1.165) is 85.0 Å². The van der Waals surface area contributed by atoms with Crippen LogP contribution in [0.3, 0.4) is 0 Å². The standard InChI is InChI=1S/C28H36O2.C25H37F3O4.C24H32O2.C19H22O3.C19H24O2/c1-15(2)28(30-26-14-18-13-24(26)22-9-6-8-21(18)22)29-25-12-11-20-17(4)16(3)19-7-5-10-23(25)27(19)20;1-6-23(3,4)22(29)31-21-14-12-20(13-15-21)24(5,25(26,27)28)32-18(2)30-17-16-19-10-8-7-9-11-19;1-16-17(2)21-12-13-23(22-11-7-10-20(16)24(21)22)26-18(3)25-15-14-19-8-5-4-6-9-19;1-11-12(2)14-9-10-16(21-18(20)22-19(3,4)5)15-8-6-7-13(11)17(14)15;1-11(2)19(20-5)21-17-10-9-15-13(4)12(3)14-7-6-8-16(17)18(14)15/h5,7,10-12,15-18,21-22,24,26,28H,6,8-9,13-14H2,1-4H3;12-15,18-19H,6-11,16-17H2,1-5H3;7,10-13,16-19H,4-6,8-9,14-15H2,1-3H3;6-12H,1-5H3;6-13,19H,1-5H3. The number of methoxy groups -OCH3 is 1. The van der Waals surface area contributed by atoms with Crippen molar-refractivity contribution in [3.63, 3.8) is 0 Å². The second-order valence-electron chi connectivity index (χ2n) is 42.5. The molecule has 2 bridgehead atoms. The van der Waals surface area contributed by atoms with E-state index < -0.39 is 41.2 Å². The maximum Gasteiger partial charge on any atom is 0.514 e. The zero-order chi connectivity index (χ0) is 93.9. The minimum Gasteiger partial charge on any atom is -0.465 e. The fourth-order valence-corrected chi connectivity index (χ4v) is 22.9. The lowest BCUT2D eigenvalue weighted by Gasteiger charge is -2.35. The van der Waals surface area contributed by atoms with Crippen LogP contribution in [-0.4, -0.2) is 75.5 Å². The van der Waals surface area contributed by atoms with E-state index in [4.69, 9.17) is 52.1 Å². The predicted molar refractivity (Wildman–Crippen MR) is 522 cm³/mol. The Bertz CT molecular complexity index is 5330. The topological polar surface area (TPSA) is 136 Å². The second-order valence-corrected chi connectivity index (χ2v) is 42.5. The monoisotopic (exact) mass is 1800 g/mol. The number of alkyl halides is 3. The van der Waals surface area contributed by atoms with Crippen molar-refractivity contribution in [1.82, 2.24) is 0 Å².